The van der Waals surface area contributed by atoms with E-state index in [0.717, 1.165) is 11.3 Å². The van der Waals surface area contributed by atoms with Crippen molar-refractivity contribution < 1.29 is 9.18 Å². The molecule has 0 aliphatic heterocycles. The number of rotatable bonds is 1. The Morgan fingerprint density at radius 1 is 1.42 bits per heavy atom. The zero-order valence-electron chi connectivity index (χ0n) is 7.35. The Morgan fingerprint density at radius 2 is 2.00 bits per heavy atom. The monoisotopic (exact) mass is 186 g/mol. The number of thiophene rings is 1. The van der Waals surface area contributed by atoms with Gasteiger partial charge in [-0.1, -0.05) is 20.8 Å². The van der Waals surface area contributed by atoms with E-state index in [4.69, 9.17) is 0 Å². The van der Waals surface area contributed by atoms with E-state index >= 15 is 0 Å². The Balaban J connectivity index is 2.93. The lowest BCUT2D eigenvalue weighted by Gasteiger charge is -2.14. The van der Waals surface area contributed by atoms with E-state index in [1.165, 1.54) is 12.1 Å². The lowest BCUT2D eigenvalue weighted by atomic mass is 9.90. The molecule has 0 amide bonds. The van der Waals surface area contributed by atoms with Crippen LogP contribution in [0.15, 0.2) is 12.1 Å². The Kier molecular flexibility index (Phi) is 2.33. The first-order valence-electron chi connectivity index (χ1n) is 3.71. The minimum absolute atomic E-state index is 0.00333. The average Bonchev–Trinajstić information content (AvgIpc) is 2.32. The molecule has 1 nitrogen and oxygen atoms in total. The van der Waals surface area contributed by atoms with Gasteiger partial charge in [0, 0.05) is 5.41 Å². The van der Waals surface area contributed by atoms with Crippen LogP contribution in [0.1, 0.15) is 30.4 Å². The van der Waals surface area contributed by atoms with Crippen molar-refractivity contribution in [1.29, 1.82) is 0 Å². The standard InChI is InChI=1S/C9H11FOS/c1-9(2,3)8(11)6-4-5-7(10)12-6/h4-5H,1-3H3. The molecule has 66 valence electrons. The van der Waals surface area contributed by atoms with Gasteiger partial charge in [-0.3, -0.25) is 4.79 Å². The molecule has 1 aromatic rings. The molecule has 0 aromatic carbocycles. The summed E-state index contributed by atoms with van der Waals surface area (Å²) in [4.78, 5) is 12.0. The van der Waals surface area contributed by atoms with Gasteiger partial charge < -0.3 is 0 Å². The molecule has 0 fully saturated rings. The topological polar surface area (TPSA) is 17.1 Å². The summed E-state index contributed by atoms with van der Waals surface area (Å²) in [7, 11) is 0. The first-order chi connectivity index (χ1) is 5.41. The van der Waals surface area contributed by atoms with Crippen molar-refractivity contribution in [1.82, 2.24) is 0 Å². The minimum atomic E-state index is -0.419. The van der Waals surface area contributed by atoms with E-state index in [0.29, 0.717) is 4.88 Å². The first kappa shape index (κ1) is 9.39. The van der Waals surface area contributed by atoms with Crippen molar-refractivity contribution in [2.75, 3.05) is 0 Å². The zero-order valence-corrected chi connectivity index (χ0v) is 8.17. The van der Waals surface area contributed by atoms with Gasteiger partial charge in [-0.2, -0.15) is 4.39 Å². The molecule has 0 aliphatic rings. The van der Waals surface area contributed by atoms with Crippen LogP contribution in [0.2, 0.25) is 0 Å². The molecule has 0 N–H and O–H groups in total. The molecule has 0 radical (unpaired) electrons. The molecular formula is C9H11FOS. The van der Waals surface area contributed by atoms with E-state index in [1.54, 1.807) is 0 Å². The van der Waals surface area contributed by atoms with Crippen molar-refractivity contribution in [2.45, 2.75) is 20.8 Å². The highest BCUT2D eigenvalue weighted by Gasteiger charge is 2.24. The second-order valence-corrected chi connectivity index (χ2v) is 4.72. The van der Waals surface area contributed by atoms with Crippen molar-refractivity contribution in [3.63, 3.8) is 0 Å². The normalized spacial score (nSPS) is 11.7. The molecular weight excluding hydrogens is 175 g/mol. The zero-order chi connectivity index (χ0) is 9.35. The Morgan fingerprint density at radius 3 is 2.33 bits per heavy atom. The second kappa shape index (κ2) is 2.98. The highest BCUT2D eigenvalue weighted by atomic mass is 32.1. The van der Waals surface area contributed by atoms with Gasteiger partial charge in [-0.25, -0.2) is 0 Å². The third kappa shape index (κ3) is 1.91. The van der Waals surface area contributed by atoms with Crippen LogP contribution in [0.5, 0.6) is 0 Å². The van der Waals surface area contributed by atoms with Gasteiger partial charge >= 0.3 is 0 Å². The van der Waals surface area contributed by atoms with Crippen molar-refractivity contribution in [2.24, 2.45) is 5.41 Å². The summed E-state index contributed by atoms with van der Waals surface area (Å²) in [5.74, 6) is -0.00333. The number of hydrogen-bond donors (Lipinski definition) is 0. The van der Waals surface area contributed by atoms with Crippen LogP contribution >= 0.6 is 11.3 Å². The van der Waals surface area contributed by atoms with Crippen LogP contribution < -0.4 is 0 Å². The quantitative estimate of drug-likeness (QED) is 0.616. The molecule has 1 heterocycles. The second-order valence-electron chi connectivity index (χ2n) is 3.68. The summed E-state index contributed by atoms with van der Waals surface area (Å²) in [6.45, 7) is 5.48. The summed E-state index contributed by atoms with van der Waals surface area (Å²) in [6, 6.07) is 2.86. The molecule has 1 aromatic heterocycles. The van der Waals surface area contributed by atoms with Gasteiger partial charge in [-0.15, -0.1) is 11.3 Å². The fourth-order valence-corrected chi connectivity index (χ4v) is 1.69. The van der Waals surface area contributed by atoms with Gasteiger partial charge in [-0.05, 0) is 12.1 Å². The lowest BCUT2D eigenvalue weighted by Crippen LogP contribution is -2.18. The van der Waals surface area contributed by atoms with Crippen molar-refractivity contribution in [3.05, 3.63) is 22.1 Å². The third-order valence-corrected chi connectivity index (χ3v) is 2.35. The van der Waals surface area contributed by atoms with Crippen LogP contribution in [0, 0.1) is 10.5 Å². The first-order valence-corrected chi connectivity index (χ1v) is 4.53. The summed E-state index contributed by atoms with van der Waals surface area (Å²) < 4.78 is 12.5. The number of Topliss-reactive ketones (excluding diaryl/α,β-unsaturated/α-hetero) is 1. The maximum atomic E-state index is 12.5. The number of ketones is 1. The molecule has 0 aliphatic carbocycles. The molecule has 0 atom stereocenters. The van der Waals surface area contributed by atoms with E-state index < -0.39 is 5.41 Å². The number of halogens is 1. The van der Waals surface area contributed by atoms with E-state index in [2.05, 4.69) is 0 Å². The molecule has 0 saturated heterocycles. The number of hydrogen-bond acceptors (Lipinski definition) is 2. The van der Waals surface area contributed by atoms with Gasteiger partial charge in [0.05, 0.1) is 4.88 Å². The summed E-state index contributed by atoms with van der Waals surface area (Å²) in [5, 5.41) is -0.303. The van der Waals surface area contributed by atoms with Crippen LogP contribution in [-0.4, -0.2) is 5.78 Å². The van der Waals surface area contributed by atoms with E-state index in [1.807, 2.05) is 20.8 Å². The Labute approximate surface area is 75.2 Å². The van der Waals surface area contributed by atoms with E-state index in [9.17, 15) is 9.18 Å². The smallest absolute Gasteiger partial charge is 0.178 e. The lowest BCUT2D eigenvalue weighted by molar-refractivity contribution is 0.0863. The van der Waals surface area contributed by atoms with Gasteiger partial charge in [0.15, 0.2) is 10.9 Å². The maximum absolute atomic E-state index is 12.5. The predicted octanol–water partition coefficient (Wildman–Crippen LogP) is 3.12. The molecule has 1 rings (SSSR count). The fourth-order valence-electron chi connectivity index (χ4n) is 0.806. The minimum Gasteiger partial charge on any atom is -0.293 e. The van der Waals surface area contributed by atoms with Crippen molar-refractivity contribution >= 4 is 17.1 Å². The summed E-state index contributed by atoms with van der Waals surface area (Å²) >= 11 is 0.907. The van der Waals surface area contributed by atoms with Crippen LogP contribution in [0.3, 0.4) is 0 Å². The highest BCUT2D eigenvalue weighted by molar-refractivity contribution is 7.12. The Hall–Kier alpha value is -0.700. The number of carbonyl (C=O) groups excluding carboxylic acids is 1. The SMILES string of the molecule is CC(C)(C)C(=O)c1ccc(F)s1. The van der Waals surface area contributed by atoms with Crippen LogP contribution in [0.25, 0.3) is 0 Å². The third-order valence-electron chi connectivity index (χ3n) is 1.48. The van der Waals surface area contributed by atoms with Crippen LogP contribution in [0.4, 0.5) is 4.39 Å². The largest absolute Gasteiger partial charge is 0.293 e. The summed E-state index contributed by atoms with van der Waals surface area (Å²) in [6.07, 6.45) is 0. The van der Waals surface area contributed by atoms with Gasteiger partial charge in [0.1, 0.15) is 0 Å². The predicted molar refractivity (Wildman–Crippen MR) is 48.1 cm³/mol. The molecule has 0 bridgehead atoms. The molecule has 0 unspecified atom stereocenters. The van der Waals surface area contributed by atoms with Gasteiger partial charge in [0.25, 0.3) is 0 Å². The molecule has 0 saturated carbocycles. The molecule has 3 heteroatoms. The Bertz CT molecular complexity index is 296. The molecule has 12 heavy (non-hydrogen) atoms. The summed E-state index contributed by atoms with van der Waals surface area (Å²) in [5.41, 5.74) is -0.419. The van der Waals surface area contributed by atoms with Crippen LogP contribution in [-0.2, 0) is 0 Å². The highest BCUT2D eigenvalue weighted by Crippen LogP contribution is 2.25. The van der Waals surface area contributed by atoms with Crippen molar-refractivity contribution in [3.8, 4) is 0 Å². The number of carbonyl (C=O) groups is 1. The molecule has 0 spiro atoms. The maximum Gasteiger partial charge on any atom is 0.178 e. The average molecular weight is 186 g/mol. The fraction of sp³-hybridized carbons (Fsp3) is 0.444. The van der Waals surface area contributed by atoms with E-state index in [-0.39, 0.29) is 10.9 Å². The van der Waals surface area contributed by atoms with Gasteiger partial charge in [0.2, 0.25) is 0 Å².